The molecular weight excluding hydrogens is 248 g/mol. The van der Waals surface area contributed by atoms with Crippen LogP contribution in [0.2, 0.25) is 0 Å². The Labute approximate surface area is 124 Å². The van der Waals surface area contributed by atoms with Crippen molar-refractivity contribution in [2.45, 2.75) is 38.6 Å². The summed E-state index contributed by atoms with van der Waals surface area (Å²) in [4.78, 5) is 0. The topological polar surface area (TPSA) is 35.2 Å². The highest BCUT2D eigenvalue weighted by Crippen LogP contribution is 2.14. The number of rotatable bonds is 9. The highest BCUT2D eigenvalue weighted by Gasteiger charge is 2.05. The first-order valence-electron chi connectivity index (χ1n) is 7.64. The average molecular weight is 279 g/mol. The average Bonchev–Trinajstić information content (AvgIpc) is 2.33. The first-order chi connectivity index (χ1) is 9.37. The largest absolute Gasteiger partial charge is 0.494 e. The molecule has 20 heavy (non-hydrogen) atoms. The molecule has 0 aliphatic rings. The van der Waals surface area contributed by atoms with Gasteiger partial charge in [-0.2, -0.15) is 0 Å². The molecule has 114 valence electrons. The van der Waals surface area contributed by atoms with E-state index in [1.54, 1.807) is 0 Å². The number of ether oxygens (including phenoxy) is 1. The van der Waals surface area contributed by atoms with Gasteiger partial charge in [-0.15, -0.1) is 0 Å². The smallest absolute Gasteiger partial charge is 0.119 e. The van der Waals surface area contributed by atoms with Crippen LogP contribution < -0.4 is 10.5 Å². The van der Waals surface area contributed by atoms with Crippen LogP contribution >= 0.6 is 0 Å². The molecule has 0 amide bonds. The summed E-state index contributed by atoms with van der Waals surface area (Å²) in [6.45, 7) is 4.07. The summed E-state index contributed by atoms with van der Waals surface area (Å²) in [6.07, 6.45) is 4.55. The van der Waals surface area contributed by atoms with Crippen LogP contribution in [0.3, 0.4) is 0 Å². The summed E-state index contributed by atoms with van der Waals surface area (Å²) in [7, 11) is 6.71. The number of nitrogens with zero attached hydrogens (tertiary/aromatic N) is 1. The number of hydrogen-bond donors (Lipinski definition) is 1. The van der Waals surface area contributed by atoms with Crippen LogP contribution in [0, 0.1) is 0 Å². The number of hydrogen-bond acceptors (Lipinski definition) is 2. The van der Waals surface area contributed by atoms with Gasteiger partial charge in [-0.25, -0.2) is 0 Å². The molecule has 0 aliphatic heterocycles. The Morgan fingerprint density at radius 1 is 1.05 bits per heavy atom. The molecule has 2 N–H and O–H groups in total. The third-order valence-corrected chi connectivity index (χ3v) is 3.22. The predicted molar refractivity (Wildman–Crippen MR) is 86.0 cm³/mol. The molecule has 1 aromatic carbocycles. The molecule has 3 heteroatoms. The lowest BCUT2D eigenvalue weighted by atomic mass is 10.1. The molecule has 1 unspecified atom stereocenters. The fourth-order valence-corrected chi connectivity index (χ4v) is 2.15. The second-order valence-corrected chi connectivity index (χ2v) is 6.75. The second-order valence-electron chi connectivity index (χ2n) is 6.75. The minimum absolute atomic E-state index is 0.211. The Morgan fingerprint density at radius 3 is 2.25 bits per heavy atom. The molecule has 0 radical (unpaired) electrons. The lowest BCUT2D eigenvalue weighted by Gasteiger charge is -2.23. The van der Waals surface area contributed by atoms with Crippen molar-refractivity contribution in [1.82, 2.24) is 0 Å². The minimum Gasteiger partial charge on any atom is -0.494 e. The van der Waals surface area contributed by atoms with Gasteiger partial charge in [0.15, 0.2) is 0 Å². The fraction of sp³-hybridized carbons (Fsp3) is 0.647. The fourth-order valence-electron chi connectivity index (χ4n) is 2.15. The third-order valence-electron chi connectivity index (χ3n) is 3.22. The van der Waals surface area contributed by atoms with E-state index in [1.807, 2.05) is 19.1 Å². The molecule has 0 aliphatic carbocycles. The molecule has 0 spiro atoms. The Morgan fingerprint density at radius 2 is 1.70 bits per heavy atom. The van der Waals surface area contributed by atoms with Crippen LogP contribution in [-0.4, -0.2) is 44.8 Å². The number of benzene rings is 1. The van der Waals surface area contributed by atoms with E-state index in [2.05, 4.69) is 33.3 Å². The van der Waals surface area contributed by atoms with Crippen molar-refractivity contribution in [3.8, 4) is 5.75 Å². The lowest BCUT2D eigenvalue weighted by Crippen LogP contribution is -2.35. The van der Waals surface area contributed by atoms with E-state index in [0.717, 1.165) is 29.7 Å². The van der Waals surface area contributed by atoms with Gasteiger partial charge in [0.05, 0.1) is 34.3 Å². The van der Waals surface area contributed by atoms with E-state index >= 15 is 0 Å². The van der Waals surface area contributed by atoms with Gasteiger partial charge in [-0.1, -0.05) is 12.1 Å². The third kappa shape index (κ3) is 8.18. The van der Waals surface area contributed by atoms with Crippen molar-refractivity contribution >= 4 is 0 Å². The van der Waals surface area contributed by atoms with E-state index in [1.165, 1.54) is 24.9 Å². The standard InChI is InChI=1S/C17H31N2O/c1-15(18)14-16-8-10-17(11-9-16)20-13-7-5-6-12-19(2,3)4/h8-11,15H,5-7,12-14,18H2,1-4H3/q+1. The molecule has 1 aromatic rings. The van der Waals surface area contributed by atoms with Crippen LogP contribution in [-0.2, 0) is 6.42 Å². The van der Waals surface area contributed by atoms with Crippen molar-refractivity contribution in [2.24, 2.45) is 5.73 Å². The van der Waals surface area contributed by atoms with Crippen molar-refractivity contribution < 1.29 is 9.22 Å². The summed E-state index contributed by atoms with van der Waals surface area (Å²) in [5.74, 6) is 0.963. The van der Waals surface area contributed by atoms with E-state index < -0.39 is 0 Å². The van der Waals surface area contributed by atoms with Crippen LogP contribution in [0.15, 0.2) is 24.3 Å². The zero-order valence-electron chi connectivity index (χ0n) is 13.6. The maximum absolute atomic E-state index is 5.79. The SMILES string of the molecule is CC(N)Cc1ccc(OCCCCC[N+](C)(C)C)cc1. The highest BCUT2D eigenvalue weighted by molar-refractivity contribution is 5.27. The zero-order chi connectivity index (χ0) is 15.0. The highest BCUT2D eigenvalue weighted by atomic mass is 16.5. The Bertz CT molecular complexity index is 366. The van der Waals surface area contributed by atoms with Gasteiger partial charge in [-0.05, 0) is 50.3 Å². The maximum Gasteiger partial charge on any atom is 0.119 e. The van der Waals surface area contributed by atoms with Gasteiger partial charge in [0.25, 0.3) is 0 Å². The van der Waals surface area contributed by atoms with Crippen LogP contribution in [0.1, 0.15) is 31.7 Å². The van der Waals surface area contributed by atoms with Gasteiger partial charge >= 0.3 is 0 Å². The van der Waals surface area contributed by atoms with Crippen LogP contribution in [0.25, 0.3) is 0 Å². The summed E-state index contributed by atoms with van der Waals surface area (Å²) in [5.41, 5.74) is 7.06. The molecule has 1 rings (SSSR count). The van der Waals surface area contributed by atoms with Gasteiger partial charge in [0.2, 0.25) is 0 Å². The number of unbranched alkanes of at least 4 members (excludes halogenated alkanes) is 2. The predicted octanol–water partition coefficient (Wildman–Crippen LogP) is 2.83. The van der Waals surface area contributed by atoms with Crippen molar-refractivity contribution in [3.63, 3.8) is 0 Å². The van der Waals surface area contributed by atoms with Crippen molar-refractivity contribution in [2.75, 3.05) is 34.3 Å². The minimum atomic E-state index is 0.211. The zero-order valence-corrected chi connectivity index (χ0v) is 13.6. The lowest BCUT2D eigenvalue weighted by molar-refractivity contribution is -0.870. The van der Waals surface area contributed by atoms with E-state index in [-0.39, 0.29) is 6.04 Å². The van der Waals surface area contributed by atoms with Gasteiger partial charge in [-0.3, -0.25) is 0 Å². The summed E-state index contributed by atoms with van der Waals surface area (Å²) in [5, 5.41) is 0. The summed E-state index contributed by atoms with van der Waals surface area (Å²) >= 11 is 0. The molecule has 0 heterocycles. The van der Waals surface area contributed by atoms with E-state index in [9.17, 15) is 0 Å². The number of nitrogens with two attached hydrogens (primary N) is 1. The molecule has 0 saturated carbocycles. The normalized spacial score (nSPS) is 13.2. The summed E-state index contributed by atoms with van der Waals surface area (Å²) in [6, 6.07) is 8.52. The molecule has 0 aromatic heterocycles. The quantitative estimate of drug-likeness (QED) is 0.557. The van der Waals surface area contributed by atoms with Gasteiger partial charge in [0.1, 0.15) is 5.75 Å². The van der Waals surface area contributed by atoms with Crippen LogP contribution in [0.4, 0.5) is 0 Å². The molecule has 0 fully saturated rings. The van der Waals surface area contributed by atoms with E-state index in [4.69, 9.17) is 10.5 Å². The first kappa shape index (κ1) is 17.0. The molecule has 0 bridgehead atoms. The second kappa shape index (κ2) is 8.28. The van der Waals surface area contributed by atoms with Crippen LogP contribution in [0.5, 0.6) is 5.75 Å². The first-order valence-corrected chi connectivity index (χ1v) is 7.64. The maximum atomic E-state index is 5.79. The Kier molecular flexibility index (Phi) is 7.03. The number of quaternary nitrogens is 1. The molecule has 1 atom stereocenters. The monoisotopic (exact) mass is 279 g/mol. The molecule has 0 saturated heterocycles. The van der Waals surface area contributed by atoms with Crippen molar-refractivity contribution in [1.29, 1.82) is 0 Å². The van der Waals surface area contributed by atoms with Crippen molar-refractivity contribution in [3.05, 3.63) is 29.8 Å². The van der Waals surface area contributed by atoms with E-state index in [0.29, 0.717) is 0 Å². The Hall–Kier alpha value is -1.06. The Balaban J connectivity index is 2.16. The molecule has 3 nitrogen and oxygen atoms in total. The van der Waals surface area contributed by atoms with Gasteiger partial charge in [0, 0.05) is 6.04 Å². The van der Waals surface area contributed by atoms with Gasteiger partial charge < -0.3 is 15.0 Å². The summed E-state index contributed by atoms with van der Waals surface area (Å²) < 4.78 is 6.81. The molecular formula is C17H31N2O+.